The number of benzene rings is 1. The van der Waals surface area contributed by atoms with E-state index in [1.807, 2.05) is 0 Å². The van der Waals surface area contributed by atoms with Crippen molar-refractivity contribution >= 4 is 0 Å². The zero-order valence-electron chi connectivity index (χ0n) is 13.6. The predicted octanol–water partition coefficient (Wildman–Crippen LogP) is 4.17. The highest BCUT2D eigenvalue weighted by Crippen LogP contribution is 2.35. The minimum absolute atomic E-state index is 0.0953. The van der Waals surface area contributed by atoms with Gasteiger partial charge in [-0.1, -0.05) is 26.0 Å². The van der Waals surface area contributed by atoms with Gasteiger partial charge in [-0.3, -0.25) is 0 Å². The molecule has 21 heavy (non-hydrogen) atoms. The van der Waals surface area contributed by atoms with E-state index in [1.165, 1.54) is 22.3 Å². The highest BCUT2D eigenvalue weighted by Gasteiger charge is 2.22. The maximum absolute atomic E-state index is 5.69. The van der Waals surface area contributed by atoms with Crippen LogP contribution in [0, 0.1) is 13.8 Å². The van der Waals surface area contributed by atoms with Crippen LogP contribution < -0.4 is 10.1 Å². The molecule has 2 rings (SSSR count). The topological polar surface area (TPSA) is 34.4 Å². The minimum atomic E-state index is 0.0953. The number of ether oxygens (including phenoxy) is 1. The van der Waals surface area contributed by atoms with E-state index in [2.05, 4.69) is 51.2 Å². The molecule has 0 amide bonds. The third-order valence-corrected chi connectivity index (χ3v) is 4.04. The average Bonchev–Trinajstić information content (AvgIpc) is 2.96. The molecule has 2 aromatic rings. The Bertz CT molecular complexity index is 601. The van der Waals surface area contributed by atoms with Gasteiger partial charge < -0.3 is 14.5 Å². The van der Waals surface area contributed by atoms with Gasteiger partial charge in [0.2, 0.25) is 0 Å². The van der Waals surface area contributed by atoms with Crippen molar-refractivity contribution < 1.29 is 9.15 Å². The molecule has 0 aliphatic carbocycles. The third-order valence-electron chi connectivity index (χ3n) is 4.04. The molecule has 1 heterocycles. The van der Waals surface area contributed by atoms with Crippen molar-refractivity contribution in [1.82, 2.24) is 5.32 Å². The first kappa shape index (κ1) is 15.6. The zero-order valence-corrected chi connectivity index (χ0v) is 13.6. The van der Waals surface area contributed by atoms with Gasteiger partial charge >= 0.3 is 0 Å². The molecule has 3 heteroatoms. The molecule has 0 saturated carbocycles. The van der Waals surface area contributed by atoms with E-state index in [9.17, 15) is 0 Å². The molecule has 1 N–H and O–H groups in total. The zero-order chi connectivity index (χ0) is 15.4. The van der Waals surface area contributed by atoms with Crippen LogP contribution in [0.25, 0.3) is 0 Å². The number of hydrogen-bond acceptors (Lipinski definition) is 3. The number of nitrogens with one attached hydrogen (secondary N) is 1. The number of rotatable bonds is 6. The molecular formula is C18H25NO2. The van der Waals surface area contributed by atoms with Crippen molar-refractivity contribution in [2.75, 3.05) is 13.7 Å². The third kappa shape index (κ3) is 2.98. The first-order valence-corrected chi connectivity index (χ1v) is 7.57. The molecule has 0 saturated heterocycles. The molecule has 1 aromatic heterocycles. The fourth-order valence-electron chi connectivity index (χ4n) is 2.80. The van der Waals surface area contributed by atoms with Crippen LogP contribution in [0.2, 0.25) is 0 Å². The van der Waals surface area contributed by atoms with Gasteiger partial charge in [0.05, 0.1) is 19.4 Å². The number of hydrogen-bond donors (Lipinski definition) is 1. The van der Waals surface area contributed by atoms with Gasteiger partial charge in [-0.25, -0.2) is 0 Å². The number of aryl methyl sites for hydroxylation is 2. The quantitative estimate of drug-likeness (QED) is 0.866. The summed E-state index contributed by atoms with van der Waals surface area (Å²) in [6, 6.07) is 6.46. The van der Waals surface area contributed by atoms with Gasteiger partial charge in [0.15, 0.2) is 0 Å². The van der Waals surface area contributed by atoms with Gasteiger partial charge in [-0.2, -0.15) is 0 Å². The molecule has 0 aliphatic rings. The standard InChI is InChI=1S/C18H25NO2/c1-6-16-14(10-11-21-16)17(19-7-2)15-9-8-12(3)13(4)18(15)20-5/h8-11,17,19H,6-7H2,1-5H3. The maximum Gasteiger partial charge on any atom is 0.127 e. The SMILES string of the molecule is CCNC(c1ccoc1CC)c1ccc(C)c(C)c1OC. The first-order valence-electron chi connectivity index (χ1n) is 7.57. The van der Waals surface area contributed by atoms with E-state index in [1.54, 1.807) is 13.4 Å². The Morgan fingerprint density at radius 1 is 1.14 bits per heavy atom. The highest BCUT2D eigenvalue weighted by molar-refractivity contribution is 5.50. The lowest BCUT2D eigenvalue weighted by Gasteiger charge is -2.23. The lowest BCUT2D eigenvalue weighted by Crippen LogP contribution is -2.23. The lowest BCUT2D eigenvalue weighted by molar-refractivity contribution is 0.400. The smallest absolute Gasteiger partial charge is 0.127 e. The second kappa shape index (κ2) is 6.81. The van der Waals surface area contributed by atoms with E-state index < -0.39 is 0 Å². The van der Waals surface area contributed by atoms with Crippen molar-refractivity contribution in [3.05, 3.63) is 52.5 Å². The largest absolute Gasteiger partial charge is 0.496 e. The summed E-state index contributed by atoms with van der Waals surface area (Å²) in [5.74, 6) is 1.99. The summed E-state index contributed by atoms with van der Waals surface area (Å²) in [6.45, 7) is 9.33. The number of furan rings is 1. The average molecular weight is 287 g/mol. The van der Waals surface area contributed by atoms with Crippen molar-refractivity contribution in [1.29, 1.82) is 0 Å². The highest BCUT2D eigenvalue weighted by atomic mass is 16.5. The fourth-order valence-corrected chi connectivity index (χ4v) is 2.80. The van der Waals surface area contributed by atoms with E-state index in [0.29, 0.717) is 0 Å². The molecule has 0 radical (unpaired) electrons. The fraction of sp³-hybridized carbons (Fsp3) is 0.444. The van der Waals surface area contributed by atoms with Gasteiger partial charge in [-0.05, 0) is 37.6 Å². The first-order chi connectivity index (χ1) is 10.1. The van der Waals surface area contributed by atoms with Crippen LogP contribution in [0.1, 0.15) is 47.9 Å². The van der Waals surface area contributed by atoms with E-state index >= 15 is 0 Å². The van der Waals surface area contributed by atoms with E-state index in [0.717, 1.165) is 24.5 Å². The van der Waals surface area contributed by atoms with Crippen molar-refractivity contribution in [2.45, 2.75) is 40.2 Å². The molecule has 1 aromatic carbocycles. The molecule has 1 atom stereocenters. The Labute approximate surface area is 127 Å². The van der Waals surface area contributed by atoms with Crippen LogP contribution in [-0.2, 0) is 6.42 Å². The van der Waals surface area contributed by atoms with Crippen LogP contribution in [0.5, 0.6) is 5.75 Å². The second-order valence-corrected chi connectivity index (χ2v) is 5.27. The Morgan fingerprint density at radius 2 is 1.90 bits per heavy atom. The van der Waals surface area contributed by atoms with Crippen LogP contribution in [0.15, 0.2) is 28.9 Å². The second-order valence-electron chi connectivity index (χ2n) is 5.27. The number of methoxy groups -OCH3 is 1. The van der Waals surface area contributed by atoms with Gasteiger partial charge in [0.1, 0.15) is 11.5 Å². The maximum atomic E-state index is 5.69. The van der Waals surface area contributed by atoms with Gasteiger partial charge in [0, 0.05) is 17.5 Å². The Morgan fingerprint density at radius 3 is 2.52 bits per heavy atom. The van der Waals surface area contributed by atoms with Gasteiger partial charge in [-0.15, -0.1) is 0 Å². The summed E-state index contributed by atoms with van der Waals surface area (Å²) < 4.78 is 11.3. The molecule has 0 fully saturated rings. The summed E-state index contributed by atoms with van der Waals surface area (Å²) in [5, 5.41) is 3.56. The summed E-state index contributed by atoms with van der Waals surface area (Å²) in [7, 11) is 1.74. The summed E-state index contributed by atoms with van der Waals surface area (Å²) in [6.07, 6.45) is 2.66. The molecular weight excluding hydrogens is 262 g/mol. The molecule has 114 valence electrons. The van der Waals surface area contributed by atoms with E-state index in [4.69, 9.17) is 9.15 Å². The summed E-state index contributed by atoms with van der Waals surface area (Å²) in [4.78, 5) is 0. The van der Waals surface area contributed by atoms with Crippen molar-refractivity contribution in [3.63, 3.8) is 0 Å². The Kier molecular flexibility index (Phi) is 5.07. The van der Waals surface area contributed by atoms with E-state index in [-0.39, 0.29) is 6.04 Å². The van der Waals surface area contributed by atoms with Crippen molar-refractivity contribution in [3.8, 4) is 5.75 Å². The van der Waals surface area contributed by atoms with Gasteiger partial charge in [0.25, 0.3) is 0 Å². The molecule has 0 bridgehead atoms. The molecule has 1 unspecified atom stereocenters. The molecule has 3 nitrogen and oxygen atoms in total. The lowest BCUT2D eigenvalue weighted by atomic mass is 9.94. The monoisotopic (exact) mass is 287 g/mol. The normalized spacial score (nSPS) is 12.4. The molecule has 0 spiro atoms. The van der Waals surface area contributed by atoms with Crippen LogP contribution >= 0.6 is 0 Å². The van der Waals surface area contributed by atoms with Crippen LogP contribution in [0.4, 0.5) is 0 Å². The Balaban J connectivity index is 2.56. The predicted molar refractivity (Wildman–Crippen MR) is 86.1 cm³/mol. The van der Waals surface area contributed by atoms with Crippen LogP contribution in [0.3, 0.4) is 0 Å². The summed E-state index contributed by atoms with van der Waals surface area (Å²) in [5.41, 5.74) is 4.80. The molecule has 0 aliphatic heterocycles. The minimum Gasteiger partial charge on any atom is -0.496 e. The van der Waals surface area contributed by atoms with Crippen LogP contribution in [-0.4, -0.2) is 13.7 Å². The Hall–Kier alpha value is -1.74. The summed E-state index contributed by atoms with van der Waals surface area (Å²) >= 11 is 0. The van der Waals surface area contributed by atoms with Crippen molar-refractivity contribution in [2.24, 2.45) is 0 Å².